The Morgan fingerprint density at radius 3 is 2.36 bits per heavy atom. The molecule has 0 amide bonds. The summed E-state index contributed by atoms with van der Waals surface area (Å²) in [5, 5.41) is 3.16. The first-order valence-corrected chi connectivity index (χ1v) is 11.5. The third-order valence-electron chi connectivity index (χ3n) is 5.75. The number of rotatable bonds is 5. The van der Waals surface area contributed by atoms with E-state index >= 15 is 8.78 Å². The monoisotopic (exact) mass is 533 g/mol. The average molecular weight is 533 g/mol. The normalized spacial score (nSPS) is 17.1. The van der Waals surface area contributed by atoms with Crippen LogP contribution in [0.3, 0.4) is 0 Å². The van der Waals surface area contributed by atoms with Gasteiger partial charge in [-0.25, -0.2) is 31.6 Å². The third kappa shape index (κ3) is 3.51. The topological polar surface area (TPSA) is 111 Å². The van der Waals surface area contributed by atoms with Gasteiger partial charge in [-0.15, -0.1) is 0 Å². The lowest BCUT2D eigenvalue weighted by atomic mass is 9.99. The SMILES string of the molecule is CNS(=O)(=O)N[C@@H]1Cn2c(cn(-c3noc4ccc(F)c(-c5c(F)cc(F)cc5F)c34)c2=O)C1(F)F. The van der Waals surface area contributed by atoms with E-state index in [0.29, 0.717) is 27.5 Å². The Kier molecular flexibility index (Phi) is 5.31. The summed E-state index contributed by atoms with van der Waals surface area (Å²) >= 11 is 0. The van der Waals surface area contributed by atoms with Gasteiger partial charge in [0.1, 0.15) is 35.0 Å². The van der Waals surface area contributed by atoms with Crippen molar-refractivity contribution in [2.24, 2.45) is 0 Å². The average Bonchev–Trinajstić information content (AvgIpc) is 3.42. The van der Waals surface area contributed by atoms with Crippen molar-refractivity contribution in [3.8, 4) is 16.9 Å². The molecule has 0 unspecified atom stereocenters. The second-order valence-corrected chi connectivity index (χ2v) is 9.48. The van der Waals surface area contributed by atoms with Crippen LogP contribution in [0.5, 0.6) is 0 Å². The zero-order valence-electron chi connectivity index (χ0n) is 17.8. The molecule has 9 nitrogen and oxygen atoms in total. The van der Waals surface area contributed by atoms with Gasteiger partial charge in [0.05, 0.1) is 17.5 Å². The summed E-state index contributed by atoms with van der Waals surface area (Å²) in [6.45, 7) is -0.771. The van der Waals surface area contributed by atoms with Crippen molar-refractivity contribution < 1.29 is 39.3 Å². The van der Waals surface area contributed by atoms with Crippen LogP contribution in [-0.2, 0) is 22.7 Å². The van der Waals surface area contributed by atoms with Crippen LogP contribution in [0.4, 0.5) is 26.3 Å². The molecule has 5 rings (SSSR count). The zero-order valence-corrected chi connectivity index (χ0v) is 18.6. The Labute approximate surface area is 197 Å². The highest BCUT2D eigenvalue weighted by atomic mass is 32.2. The van der Waals surface area contributed by atoms with Crippen molar-refractivity contribution in [2.75, 3.05) is 7.05 Å². The number of nitrogens with zero attached hydrogens (tertiary/aromatic N) is 3. The minimum absolute atomic E-state index is 0.255. The summed E-state index contributed by atoms with van der Waals surface area (Å²) < 4.78 is 121. The summed E-state index contributed by atoms with van der Waals surface area (Å²) in [6, 6.07) is 0.461. The van der Waals surface area contributed by atoms with E-state index in [1.165, 1.54) is 0 Å². The lowest BCUT2D eigenvalue weighted by molar-refractivity contribution is -0.0249. The summed E-state index contributed by atoms with van der Waals surface area (Å²) in [6.07, 6.45) is 0.638. The van der Waals surface area contributed by atoms with Gasteiger partial charge in [0.2, 0.25) is 0 Å². The van der Waals surface area contributed by atoms with E-state index < -0.39 is 85.7 Å². The van der Waals surface area contributed by atoms with Gasteiger partial charge < -0.3 is 4.52 Å². The fourth-order valence-corrected chi connectivity index (χ4v) is 4.81. The van der Waals surface area contributed by atoms with Gasteiger partial charge in [0, 0.05) is 30.9 Å². The minimum atomic E-state index is -4.29. The highest BCUT2D eigenvalue weighted by Gasteiger charge is 2.52. The molecule has 0 saturated heterocycles. The Hall–Kier alpha value is -3.63. The van der Waals surface area contributed by atoms with E-state index in [-0.39, 0.29) is 5.58 Å². The standard InChI is InChI=1S/C20H13F6N5O4S/c1-27-36(33,34)29-13-6-30-14(20(13,25)26)7-31(19(30)32)18-17-12(35-28-18)3-2-9(22)16(17)15-10(23)4-8(21)5-11(15)24/h2-5,7,13,27,29H,6H2,1H3/t13-/m1/s1. The molecule has 16 heteroatoms. The third-order valence-corrected chi connectivity index (χ3v) is 6.88. The molecule has 0 aliphatic carbocycles. The van der Waals surface area contributed by atoms with Gasteiger partial charge in [-0.1, -0.05) is 5.16 Å². The van der Waals surface area contributed by atoms with Crippen molar-refractivity contribution in [1.29, 1.82) is 0 Å². The molecule has 0 saturated carbocycles. The molecule has 1 aliphatic heterocycles. The number of hydrogen-bond donors (Lipinski definition) is 2. The summed E-state index contributed by atoms with van der Waals surface area (Å²) in [7, 11) is -3.28. The van der Waals surface area contributed by atoms with Crippen molar-refractivity contribution in [1.82, 2.24) is 23.7 Å². The number of nitrogens with one attached hydrogen (secondary N) is 2. The second-order valence-electron chi connectivity index (χ2n) is 7.82. The maximum absolute atomic E-state index is 15.0. The first kappa shape index (κ1) is 24.1. The van der Waals surface area contributed by atoms with Gasteiger partial charge in [-0.2, -0.15) is 21.9 Å². The van der Waals surface area contributed by atoms with E-state index in [0.717, 1.165) is 19.2 Å². The van der Waals surface area contributed by atoms with Crippen LogP contribution >= 0.6 is 0 Å². The van der Waals surface area contributed by atoms with Crippen molar-refractivity contribution in [3.63, 3.8) is 0 Å². The van der Waals surface area contributed by atoms with Gasteiger partial charge >= 0.3 is 11.6 Å². The maximum Gasteiger partial charge on any atom is 0.334 e. The van der Waals surface area contributed by atoms with Crippen LogP contribution in [0.25, 0.3) is 27.9 Å². The van der Waals surface area contributed by atoms with Crippen LogP contribution in [0.2, 0.25) is 0 Å². The van der Waals surface area contributed by atoms with Crippen molar-refractivity contribution in [3.05, 3.63) is 69.9 Å². The number of benzene rings is 2. The molecular formula is C20H13F6N5O4S. The van der Waals surface area contributed by atoms with Crippen molar-refractivity contribution in [2.45, 2.75) is 18.5 Å². The molecule has 2 N–H and O–H groups in total. The highest BCUT2D eigenvalue weighted by Crippen LogP contribution is 2.40. The smallest absolute Gasteiger partial charge is 0.334 e. The molecule has 1 aliphatic rings. The molecule has 2 aromatic carbocycles. The highest BCUT2D eigenvalue weighted by molar-refractivity contribution is 7.87. The fraction of sp³-hybridized carbons (Fsp3) is 0.200. The van der Waals surface area contributed by atoms with Gasteiger partial charge in [0.25, 0.3) is 10.2 Å². The number of imidazole rings is 1. The predicted octanol–water partition coefficient (Wildman–Crippen LogP) is 2.53. The molecule has 190 valence electrons. The van der Waals surface area contributed by atoms with E-state index in [1.807, 2.05) is 4.72 Å². The number of alkyl halides is 2. The number of aromatic nitrogens is 3. The van der Waals surface area contributed by atoms with Crippen LogP contribution in [0.15, 0.2) is 39.8 Å². The Morgan fingerprint density at radius 1 is 1.08 bits per heavy atom. The first-order chi connectivity index (χ1) is 16.9. The molecule has 0 fully saturated rings. The Balaban J connectivity index is 1.71. The van der Waals surface area contributed by atoms with E-state index in [4.69, 9.17) is 4.52 Å². The Morgan fingerprint density at radius 2 is 1.75 bits per heavy atom. The number of hydrogen-bond acceptors (Lipinski definition) is 5. The summed E-state index contributed by atoms with van der Waals surface area (Å²) in [5.41, 5.74) is -4.06. The molecule has 0 radical (unpaired) electrons. The molecule has 2 aromatic heterocycles. The van der Waals surface area contributed by atoms with Crippen LogP contribution < -0.4 is 15.1 Å². The van der Waals surface area contributed by atoms with E-state index in [1.54, 1.807) is 4.72 Å². The van der Waals surface area contributed by atoms with Crippen LogP contribution in [0, 0.1) is 23.3 Å². The molecule has 36 heavy (non-hydrogen) atoms. The first-order valence-electron chi connectivity index (χ1n) is 10.00. The number of fused-ring (bicyclic) bond motifs is 2. The van der Waals surface area contributed by atoms with E-state index in [9.17, 15) is 30.8 Å². The van der Waals surface area contributed by atoms with E-state index in [2.05, 4.69) is 5.16 Å². The molecule has 0 spiro atoms. The quantitative estimate of drug-likeness (QED) is 0.383. The van der Waals surface area contributed by atoms with Gasteiger partial charge in [0.15, 0.2) is 11.4 Å². The van der Waals surface area contributed by atoms with Crippen molar-refractivity contribution >= 4 is 21.2 Å². The lowest BCUT2D eigenvalue weighted by Gasteiger charge is -2.19. The minimum Gasteiger partial charge on any atom is -0.354 e. The predicted molar refractivity (Wildman–Crippen MR) is 112 cm³/mol. The van der Waals surface area contributed by atoms with Crippen LogP contribution in [0.1, 0.15) is 5.69 Å². The fourth-order valence-electron chi connectivity index (χ4n) is 4.09. The van der Waals surface area contributed by atoms with Gasteiger partial charge in [-0.05, 0) is 12.1 Å². The molecule has 0 bridgehead atoms. The van der Waals surface area contributed by atoms with Gasteiger partial charge in [-0.3, -0.25) is 4.57 Å². The summed E-state index contributed by atoms with van der Waals surface area (Å²) in [4.78, 5) is 13.0. The molecule has 3 heterocycles. The molecule has 4 aromatic rings. The molecule has 1 atom stereocenters. The summed E-state index contributed by atoms with van der Waals surface area (Å²) in [5.74, 6) is -9.83. The Bertz CT molecular complexity index is 1690. The molecular weight excluding hydrogens is 520 g/mol. The largest absolute Gasteiger partial charge is 0.354 e. The van der Waals surface area contributed by atoms with Crippen LogP contribution in [-0.4, -0.2) is 35.8 Å². The number of halogens is 6. The lowest BCUT2D eigenvalue weighted by Crippen LogP contribution is -2.48. The zero-order chi connectivity index (χ0) is 26.2. The second kappa shape index (κ2) is 7.94. The maximum atomic E-state index is 15.0.